The van der Waals surface area contributed by atoms with E-state index in [4.69, 9.17) is 0 Å². The maximum absolute atomic E-state index is 11.4. The van der Waals surface area contributed by atoms with E-state index >= 15 is 0 Å². The van der Waals surface area contributed by atoms with Gasteiger partial charge < -0.3 is 8.61 Å². The van der Waals surface area contributed by atoms with Gasteiger partial charge in [-0.25, -0.2) is 16.8 Å². The van der Waals surface area contributed by atoms with Gasteiger partial charge in [0.1, 0.15) is 0 Å². The fraction of sp³-hybridized carbons (Fsp3) is 1.00. The molecule has 0 radical (unpaired) electrons. The number of sulfonamides is 2. The number of hydrogen-bond acceptors (Lipinski definition) is 4. The lowest BCUT2D eigenvalue weighted by molar-refractivity contribution is -0.929. The number of quaternary nitrogens is 1. The predicted molar refractivity (Wildman–Crippen MR) is 371 cm³/mol. The molecule has 0 aliphatic rings. The minimum Gasteiger partial charge on any atom is -0.421 e. The molecule has 0 atom stereocenters. The maximum atomic E-state index is 11.4. The molecule has 0 unspecified atom stereocenters. The first-order valence-corrected chi connectivity index (χ1v) is 41.5. The zero-order chi connectivity index (χ0) is 65.3. The molecule has 0 aliphatic heterocycles. The van der Waals surface area contributed by atoms with Crippen molar-refractivity contribution in [3.63, 3.8) is 0 Å². The van der Waals surface area contributed by atoms with Gasteiger partial charge in [-0.2, -0.15) is 26.3 Å². The van der Waals surface area contributed by atoms with Crippen molar-refractivity contribution in [1.29, 1.82) is 0 Å². The zero-order valence-electron chi connectivity index (χ0n) is 58.7. The minimum absolute atomic E-state index is 0.778. The number of nitrogens with zero attached hydrogens (tertiary/aromatic N) is 2. The Balaban J connectivity index is 0. The van der Waals surface area contributed by atoms with Crippen LogP contribution in [0, 0.1) is 0 Å². The molecule has 6 nitrogen and oxygen atoms in total. The molecule has 0 amide bonds. The predicted octanol–water partition coefficient (Wildman–Crippen LogP) is 27.9. The molecule has 0 rings (SSSR count). The topological polar surface area (TPSA) is 82.4 Å². The van der Waals surface area contributed by atoms with Gasteiger partial charge in [0.2, 0.25) is 0 Å². The molecule has 0 fully saturated rings. The van der Waals surface area contributed by atoms with E-state index in [1.807, 2.05) is 0 Å². The molecule has 0 saturated carbocycles. The molecule has 0 heterocycles. The molecule has 0 bridgehead atoms. The van der Waals surface area contributed by atoms with Gasteiger partial charge in [0.25, 0.3) is 0 Å². The summed E-state index contributed by atoms with van der Waals surface area (Å²) in [6, 6.07) is 0. The first-order chi connectivity index (χ1) is 42.4. The molecule has 14 heteroatoms. The van der Waals surface area contributed by atoms with Crippen molar-refractivity contribution in [2.45, 2.75) is 450 Å². The summed E-state index contributed by atoms with van der Waals surface area (Å²) in [7, 11) is -13.4. The van der Waals surface area contributed by atoms with Crippen LogP contribution in [-0.4, -0.2) is 58.5 Å². The third-order valence-electron chi connectivity index (χ3n) is 18.7. The van der Waals surface area contributed by atoms with Gasteiger partial charge in [-0.05, 0) is 51.4 Å². The Bertz CT molecular complexity index is 1420. The second-order valence-corrected chi connectivity index (χ2v) is 30.8. The van der Waals surface area contributed by atoms with E-state index in [9.17, 15) is 43.2 Å². The van der Waals surface area contributed by atoms with Gasteiger partial charge in [-0.15, -0.1) is 0 Å². The lowest BCUT2D eigenvalue weighted by Gasteiger charge is -2.40. The SMILES string of the molecule is CCCCCCCCCCCCCCCCCC[N+](CCCCCCCCCCCCCCCCCC)(CCCCCCCCCCCCCCCCCC)CCCCCCCCCCCCCCCCCC.O=S(=O)([N-]S(=O)(=O)C(F)(F)F)C(F)(F)F. The van der Waals surface area contributed by atoms with E-state index in [0.717, 1.165) is 4.13 Å². The molecule has 0 saturated heterocycles. The van der Waals surface area contributed by atoms with Crippen molar-refractivity contribution in [1.82, 2.24) is 0 Å². The molecule has 0 aromatic carbocycles. The van der Waals surface area contributed by atoms with E-state index in [0.29, 0.717) is 0 Å². The number of rotatable bonds is 70. The fourth-order valence-electron chi connectivity index (χ4n) is 12.9. The highest BCUT2D eigenvalue weighted by Crippen LogP contribution is 2.36. The van der Waals surface area contributed by atoms with Crippen LogP contribution in [0.15, 0.2) is 0 Å². The molecule has 0 aromatic heterocycles. The normalized spacial score (nSPS) is 12.6. The minimum atomic E-state index is -6.72. The number of halogens is 6. The van der Waals surface area contributed by atoms with Crippen LogP contribution in [-0.2, 0) is 20.0 Å². The van der Waals surface area contributed by atoms with Gasteiger partial charge in [0.15, 0.2) is 20.0 Å². The van der Waals surface area contributed by atoms with E-state index < -0.39 is 31.1 Å². The first-order valence-electron chi connectivity index (χ1n) is 38.7. The first kappa shape index (κ1) is 89.5. The molecule has 88 heavy (non-hydrogen) atoms. The summed E-state index contributed by atoms with van der Waals surface area (Å²) in [5.74, 6) is 0. The number of unbranched alkanes of at least 4 members (excludes halogenated alkanes) is 60. The molecular formula is C74H148F6N2O4S2. The van der Waals surface area contributed by atoms with Crippen LogP contribution < -0.4 is 0 Å². The Labute approximate surface area is 544 Å². The summed E-state index contributed by atoms with van der Waals surface area (Å²) < 4.78 is 111. The second kappa shape index (κ2) is 65.1. The number of alkyl halides is 6. The smallest absolute Gasteiger partial charge is 0.421 e. The Kier molecular flexibility index (Phi) is 66.2. The Morgan fingerprint density at radius 2 is 0.307 bits per heavy atom. The van der Waals surface area contributed by atoms with Crippen LogP contribution >= 0.6 is 0 Å². The quantitative estimate of drug-likeness (QED) is 0.0345. The molecule has 0 aliphatic carbocycles. The highest BCUT2D eigenvalue weighted by Gasteiger charge is 2.47. The van der Waals surface area contributed by atoms with Crippen molar-refractivity contribution in [3.05, 3.63) is 4.13 Å². The summed E-state index contributed by atoms with van der Waals surface area (Å²) in [5, 5.41) is 0. The van der Waals surface area contributed by atoms with Crippen LogP contribution in [0.25, 0.3) is 4.13 Å². The fourth-order valence-corrected chi connectivity index (χ4v) is 14.6. The van der Waals surface area contributed by atoms with Gasteiger partial charge in [0, 0.05) is 0 Å². The van der Waals surface area contributed by atoms with Crippen LogP contribution in [0.4, 0.5) is 26.3 Å². The Morgan fingerprint density at radius 1 is 0.205 bits per heavy atom. The average molecular weight is 1310 g/mol. The van der Waals surface area contributed by atoms with Gasteiger partial charge in [-0.1, -0.05) is 387 Å². The largest absolute Gasteiger partial charge is 0.480 e. The van der Waals surface area contributed by atoms with Gasteiger partial charge >= 0.3 is 11.0 Å². The third kappa shape index (κ3) is 61.6. The summed E-state index contributed by atoms with van der Waals surface area (Å²) in [6.07, 6.45) is 94.7. The monoisotopic (exact) mass is 1310 g/mol. The van der Waals surface area contributed by atoms with E-state index in [1.54, 1.807) is 0 Å². The van der Waals surface area contributed by atoms with Crippen molar-refractivity contribution in [2.75, 3.05) is 26.2 Å². The lowest BCUT2D eigenvalue weighted by Crippen LogP contribution is -2.50. The standard InChI is InChI=1S/C72H148N.C2F6NO4S2/c1-5-9-13-17-21-25-29-33-37-41-45-49-53-57-61-65-69-73(70-66-62-58-54-50-46-42-38-34-30-26-22-18-14-10-6-2,71-67-63-59-55-51-47-43-39-35-31-27-23-19-15-11-7-3)72-68-64-60-56-52-48-44-40-36-32-28-24-20-16-12-8-4;3-1(4,5)14(10,11)9-15(12,13)2(6,7)8/h5-72H2,1-4H3;/q+1;-1. The molecular weight excluding hydrogens is 1160 g/mol. The summed E-state index contributed by atoms with van der Waals surface area (Å²) in [5.41, 5.74) is -12.4. The van der Waals surface area contributed by atoms with Crippen LogP contribution in [0.3, 0.4) is 0 Å². The molecule has 532 valence electrons. The Morgan fingerprint density at radius 3 is 0.409 bits per heavy atom. The summed E-state index contributed by atoms with van der Waals surface area (Å²) in [4.78, 5) is 0. The van der Waals surface area contributed by atoms with E-state index in [1.165, 1.54) is 442 Å². The summed E-state index contributed by atoms with van der Waals surface area (Å²) in [6.45, 7) is 15.3. The molecule has 0 N–H and O–H groups in total. The van der Waals surface area contributed by atoms with E-state index in [-0.39, 0.29) is 0 Å². The third-order valence-corrected chi connectivity index (χ3v) is 21.5. The van der Waals surface area contributed by atoms with Crippen molar-refractivity contribution in [2.24, 2.45) is 0 Å². The zero-order valence-corrected chi connectivity index (χ0v) is 60.3. The second-order valence-electron chi connectivity index (χ2n) is 27.4. The van der Waals surface area contributed by atoms with Crippen LogP contribution in [0.1, 0.15) is 439 Å². The highest BCUT2D eigenvalue weighted by molar-refractivity contribution is 8.13. The average Bonchev–Trinajstić information content (AvgIpc) is 1.56. The highest BCUT2D eigenvalue weighted by atomic mass is 32.3. The van der Waals surface area contributed by atoms with Crippen LogP contribution in [0.5, 0.6) is 0 Å². The van der Waals surface area contributed by atoms with Gasteiger partial charge in [0.05, 0.1) is 26.2 Å². The van der Waals surface area contributed by atoms with Crippen molar-refractivity contribution >= 4 is 20.0 Å². The van der Waals surface area contributed by atoms with Crippen LogP contribution in [0.2, 0.25) is 0 Å². The summed E-state index contributed by atoms with van der Waals surface area (Å²) >= 11 is 0. The number of hydrogen-bond donors (Lipinski definition) is 0. The van der Waals surface area contributed by atoms with Crippen molar-refractivity contribution in [3.8, 4) is 0 Å². The molecule has 0 spiro atoms. The van der Waals surface area contributed by atoms with Crippen molar-refractivity contribution < 1.29 is 47.7 Å². The Hall–Kier alpha value is -0.600. The maximum Gasteiger partial charge on any atom is 0.480 e. The lowest BCUT2D eigenvalue weighted by atomic mass is 10.0. The van der Waals surface area contributed by atoms with E-state index in [2.05, 4.69) is 27.7 Å². The van der Waals surface area contributed by atoms with Gasteiger partial charge in [-0.3, -0.25) is 0 Å². The molecule has 0 aromatic rings.